The molecule has 2 aliphatic heterocycles. The number of rotatable bonds is 2. The standard InChI is InChI=1S/C16H17FN4O/c1-22-15-11(5-2-6-13(15)17)12-9-19-20-16-14(12)21-7-3-4-10(21)8-18-16/h2,5-6,9-10H,3-4,7-8H2,1H3,(H,18,20). The summed E-state index contributed by atoms with van der Waals surface area (Å²) < 4.78 is 19.3. The molecule has 22 heavy (non-hydrogen) atoms. The summed E-state index contributed by atoms with van der Waals surface area (Å²) in [6.07, 6.45) is 4.01. The number of nitrogens with zero attached hydrogens (tertiary/aromatic N) is 3. The van der Waals surface area contributed by atoms with Crippen LogP contribution in [-0.2, 0) is 0 Å². The third-order valence-corrected chi connectivity index (χ3v) is 4.45. The molecule has 1 unspecified atom stereocenters. The highest BCUT2D eigenvalue weighted by molar-refractivity contribution is 5.89. The summed E-state index contributed by atoms with van der Waals surface area (Å²) in [4.78, 5) is 2.36. The lowest BCUT2D eigenvalue weighted by Crippen LogP contribution is -2.40. The van der Waals surface area contributed by atoms with Crippen molar-refractivity contribution in [3.63, 3.8) is 0 Å². The van der Waals surface area contributed by atoms with E-state index in [1.165, 1.54) is 13.2 Å². The summed E-state index contributed by atoms with van der Waals surface area (Å²) in [5, 5.41) is 11.6. The third-order valence-electron chi connectivity index (χ3n) is 4.45. The number of fused-ring (bicyclic) bond motifs is 3. The lowest BCUT2D eigenvalue weighted by molar-refractivity contribution is 0.388. The van der Waals surface area contributed by atoms with Crippen LogP contribution in [0.3, 0.4) is 0 Å². The highest BCUT2D eigenvalue weighted by Crippen LogP contribution is 2.44. The van der Waals surface area contributed by atoms with Gasteiger partial charge in [-0.05, 0) is 18.9 Å². The summed E-state index contributed by atoms with van der Waals surface area (Å²) in [5.41, 5.74) is 2.58. The van der Waals surface area contributed by atoms with E-state index in [1.54, 1.807) is 12.3 Å². The highest BCUT2D eigenvalue weighted by Gasteiger charge is 2.33. The number of methoxy groups -OCH3 is 1. The van der Waals surface area contributed by atoms with Gasteiger partial charge in [-0.2, -0.15) is 5.10 Å². The smallest absolute Gasteiger partial charge is 0.173 e. The molecule has 0 saturated carbocycles. The van der Waals surface area contributed by atoms with Crippen LogP contribution in [-0.4, -0.2) is 36.4 Å². The SMILES string of the molecule is COc1c(F)cccc1-c1cnnc2c1N1CCCC1CN2. The maximum Gasteiger partial charge on any atom is 0.173 e. The molecule has 1 aromatic carbocycles. The normalized spacial score (nSPS) is 19.4. The fourth-order valence-electron chi connectivity index (χ4n) is 3.47. The van der Waals surface area contributed by atoms with Gasteiger partial charge in [-0.15, -0.1) is 5.10 Å². The second-order valence-electron chi connectivity index (χ2n) is 5.65. The molecule has 0 bridgehead atoms. The quantitative estimate of drug-likeness (QED) is 0.924. The molecule has 0 spiro atoms. The third kappa shape index (κ3) is 1.90. The van der Waals surface area contributed by atoms with E-state index in [1.807, 2.05) is 6.07 Å². The Bertz CT molecular complexity index is 721. The van der Waals surface area contributed by atoms with Crippen LogP contribution < -0.4 is 15.0 Å². The predicted octanol–water partition coefficient (Wildman–Crippen LogP) is 2.69. The minimum absolute atomic E-state index is 0.249. The molecule has 4 rings (SSSR count). The fraction of sp³-hybridized carbons (Fsp3) is 0.375. The zero-order valence-corrected chi connectivity index (χ0v) is 12.3. The molecule has 1 aromatic heterocycles. The van der Waals surface area contributed by atoms with Crippen molar-refractivity contribution in [1.82, 2.24) is 10.2 Å². The number of anilines is 2. The number of para-hydroxylation sites is 1. The van der Waals surface area contributed by atoms with Gasteiger partial charge in [0.2, 0.25) is 0 Å². The first-order valence-electron chi connectivity index (χ1n) is 7.48. The Morgan fingerprint density at radius 2 is 2.27 bits per heavy atom. The summed E-state index contributed by atoms with van der Waals surface area (Å²) in [6.45, 7) is 1.88. The number of benzene rings is 1. The first kappa shape index (κ1) is 13.3. The molecule has 1 fully saturated rings. The maximum absolute atomic E-state index is 14.0. The first-order valence-corrected chi connectivity index (χ1v) is 7.48. The summed E-state index contributed by atoms with van der Waals surface area (Å²) in [7, 11) is 1.49. The van der Waals surface area contributed by atoms with E-state index in [4.69, 9.17) is 4.74 Å². The Kier molecular flexibility index (Phi) is 3.10. The number of aromatic nitrogens is 2. The molecule has 2 aliphatic rings. The van der Waals surface area contributed by atoms with Crippen LogP contribution in [0.15, 0.2) is 24.4 Å². The van der Waals surface area contributed by atoms with Gasteiger partial charge in [-0.3, -0.25) is 0 Å². The fourth-order valence-corrected chi connectivity index (χ4v) is 3.47. The molecular weight excluding hydrogens is 283 g/mol. The molecule has 1 atom stereocenters. The van der Waals surface area contributed by atoms with Crippen LogP contribution in [0.25, 0.3) is 11.1 Å². The molecule has 0 amide bonds. The van der Waals surface area contributed by atoms with Crippen molar-refractivity contribution < 1.29 is 9.13 Å². The van der Waals surface area contributed by atoms with Gasteiger partial charge in [0.05, 0.1) is 19.0 Å². The van der Waals surface area contributed by atoms with Crippen molar-refractivity contribution in [2.75, 3.05) is 30.4 Å². The van der Waals surface area contributed by atoms with Gasteiger partial charge in [0, 0.05) is 30.3 Å². The highest BCUT2D eigenvalue weighted by atomic mass is 19.1. The van der Waals surface area contributed by atoms with Crippen molar-refractivity contribution in [1.29, 1.82) is 0 Å². The van der Waals surface area contributed by atoms with Crippen molar-refractivity contribution >= 4 is 11.5 Å². The summed E-state index contributed by atoms with van der Waals surface area (Å²) in [5.74, 6) is 0.647. The van der Waals surface area contributed by atoms with Gasteiger partial charge in [0.15, 0.2) is 17.4 Å². The topological polar surface area (TPSA) is 50.3 Å². The average Bonchev–Trinajstić information content (AvgIpc) is 3.02. The largest absolute Gasteiger partial charge is 0.493 e. The monoisotopic (exact) mass is 300 g/mol. The van der Waals surface area contributed by atoms with Crippen molar-refractivity contribution in [3.8, 4) is 16.9 Å². The maximum atomic E-state index is 14.0. The van der Waals surface area contributed by atoms with Crippen molar-refractivity contribution in [3.05, 3.63) is 30.2 Å². The molecule has 114 valence electrons. The average molecular weight is 300 g/mol. The van der Waals surface area contributed by atoms with Crippen molar-refractivity contribution in [2.45, 2.75) is 18.9 Å². The lowest BCUT2D eigenvalue weighted by atomic mass is 10.0. The number of hydrogen-bond acceptors (Lipinski definition) is 5. The summed E-state index contributed by atoms with van der Waals surface area (Å²) in [6, 6.07) is 5.42. The molecule has 3 heterocycles. The molecule has 1 N–H and O–H groups in total. The van der Waals surface area contributed by atoms with Crippen LogP contribution in [0, 0.1) is 5.82 Å². The van der Waals surface area contributed by atoms with Crippen LogP contribution in [0.4, 0.5) is 15.9 Å². The minimum atomic E-state index is -0.368. The first-order chi connectivity index (χ1) is 10.8. The van der Waals surface area contributed by atoms with Gasteiger partial charge in [-0.25, -0.2) is 4.39 Å². The van der Waals surface area contributed by atoms with E-state index in [9.17, 15) is 4.39 Å². The second kappa shape index (κ2) is 5.12. The zero-order chi connectivity index (χ0) is 15.1. The number of ether oxygens (including phenoxy) is 1. The molecule has 1 saturated heterocycles. The van der Waals surface area contributed by atoms with Crippen LogP contribution in [0.1, 0.15) is 12.8 Å². The van der Waals surface area contributed by atoms with Gasteiger partial charge >= 0.3 is 0 Å². The molecule has 0 radical (unpaired) electrons. The van der Waals surface area contributed by atoms with E-state index in [0.717, 1.165) is 43.0 Å². The Morgan fingerprint density at radius 1 is 1.36 bits per heavy atom. The number of hydrogen-bond donors (Lipinski definition) is 1. The van der Waals surface area contributed by atoms with Gasteiger partial charge in [0.1, 0.15) is 0 Å². The van der Waals surface area contributed by atoms with E-state index in [0.29, 0.717) is 11.6 Å². The predicted molar refractivity (Wildman–Crippen MR) is 82.8 cm³/mol. The van der Waals surface area contributed by atoms with Crippen LogP contribution in [0.2, 0.25) is 0 Å². The van der Waals surface area contributed by atoms with Crippen molar-refractivity contribution in [2.24, 2.45) is 0 Å². The summed E-state index contributed by atoms with van der Waals surface area (Å²) >= 11 is 0. The molecule has 0 aliphatic carbocycles. The Morgan fingerprint density at radius 3 is 3.14 bits per heavy atom. The molecule has 5 nitrogen and oxygen atoms in total. The van der Waals surface area contributed by atoms with Crippen LogP contribution in [0.5, 0.6) is 5.75 Å². The molecule has 2 aromatic rings. The van der Waals surface area contributed by atoms with E-state index < -0.39 is 0 Å². The van der Waals surface area contributed by atoms with Crippen LogP contribution >= 0.6 is 0 Å². The van der Waals surface area contributed by atoms with E-state index in [-0.39, 0.29) is 11.6 Å². The minimum Gasteiger partial charge on any atom is -0.493 e. The molecular formula is C16H17FN4O. The Labute approximate surface area is 128 Å². The Balaban J connectivity index is 1.93. The second-order valence-corrected chi connectivity index (χ2v) is 5.65. The number of halogens is 1. The molecule has 6 heteroatoms. The lowest BCUT2D eigenvalue weighted by Gasteiger charge is -2.35. The van der Waals surface area contributed by atoms with Gasteiger partial charge in [-0.1, -0.05) is 12.1 Å². The van der Waals surface area contributed by atoms with E-state index >= 15 is 0 Å². The number of nitrogens with one attached hydrogen (secondary N) is 1. The van der Waals surface area contributed by atoms with Gasteiger partial charge < -0.3 is 15.0 Å². The van der Waals surface area contributed by atoms with E-state index in [2.05, 4.69) is 20.4 Å². The Hall–Kier alpha value is -2.37. The van der Waals surface area contributed by atoms with Gasteiger partial charge in [0.25, 0.3) is 0 Å². The zero-order valence-electron chi connectivity index (χ0n) is 12.3.